The molecule has 1 aliphatic rings. The van der Waals surface area contributed by atoms with Crippen LogP contribution in [0.3, 0.4) is 0 Å². The molecule has 0 atom stereocenters. The van der Waals surface area contributed by atoms with Crippen LogP contribution in [0.2, 0.25) is 0 Å². The number of nitrogens with zero attached hydrogens (tertiary/aromatic N) is 3. The molecule has 33 heavy (non-hydrogen) atoms. The van der Waals surface area contributed by atoms with Gasteiger partial charge in [0, 0.05) is 44.6 Å². The molecule has 1 N–H and O–H groups in total. The Balaban J connectivity index is 1.62. The lowest BCUT2D eigenvalue weighted by molar-refractivity contribution is 0.0264. The van der Waals surface area contributed by atoms with Gasteiger partial charge in [-0.25, -0.2) is 9.37 Å². The van der Waals surface area contributed by atoms with Gasteiger partial charge in [-0.1, -0.05) is 18.2 Å². The highest BCUT2D eigenvalue weighted by molar-refractivity contribution is 5.92. The van der Waals surface area contributed by atoms with E-state index in [1.165, 1.54) is 6.07 Å². The second-order valence-corrected chi connectivity index (χ2v) is 8.12. The number of rotatable bonds is 8. The van der Waals surface area contributed by atoms with Crippen molar-refractivity contribution in [2.24, 2.45) is 7.05 Å². The van der Waals surface area contributed by atoms with E-state index in [1.807, 2.05) is 18.0 Å². The van der Waals surface area contributed by atoms with Gasteiger partial charge in [-0.15, -0.1) is 0 Å². The van der Waals surface area contributed by atoms with Crippen molar-refractivity contribution in [2.45, 2.75) is 25.4 Å². The van der Waals surface area contributed by atoms with Gasteiger partial charge in [-0.2, -0.15) is 0 Å². The maximum absolute atomic E-state index is 14.8. The summed E-state index contributed by atoms with van der Waals surface area (Å²) in [6, 6.07) is 12.0. The van der Waals surface area contributed by atoms with Gasteiger partial charge in [-0.3, -0.25) is 4.79 Å². The smallest absolute Gasteiger partial charge is 0.274 e. The van der Waals surface area contributed by atoms with Crippen LogP contribution in [-0.4, -0.2) is 57.9 Å². The summed E-state index contributed by atoms with van der Waals surface area (Å²) >= 11 is 0. The summed E-state index contributed by atoms with van der Waals surface area (Å²) in [6.45, 7) is 1.62. The highest BCUT2D eigenvalue weighted by Crippen LogP contribution is 2.29. The molecule has 0 aliphatic carbocycles. The second kappa shape index (κ2) is 10.6. The third kappa shape index (κ3) is 5.58. The Kier molecular flexibility index (Phi) is 7.36. The number of aliphatic hydroxyl groups excluding tert-OH is 1. The molecule has 1 aliphatic heterocycles. The van der Waals surface area contributed by atoms with Crippen molar-refractivity contribution in [1.29, 1.82) is 0 Å². The zero-order valence-corrected chi connectivity index (χ0v) is 18.6. The monoisotopic (exact) mass is 453 g/mol. The molecule has 0 unspecified atom stereocenters. The van der Waals surface area contributed by atoms with E-state index in [9.17, 15) is 9.18 Å². The van der Waals surface area contributed by atoms with Crippen molar-refractivity contribution in [3.63, 3.8) is 0 Å². The van der Waals surface area contributed by atoms with Crippen LogP contribution in [0.15, 0.2) is 55.0 Å². The molecule has 1 saturated heterocycles. The van der Waals surface area contributed by atoms with Crippen LogP contribution in [0.4, 0.5) is 4.39 Å². The Morgan fingerprint density at radius 3 is 2.82 bits per heavy atom. The zero-order chi connectivity index (χ0) is 23.2. The number of aryl methyl sites for hydroxylation is 1. The Hall–Kier alpha value is -3.23. The molecule has 2 aromatic carbocycles. The summed E-state index contributed by atoms with van der Waals surface area (Å²) in [4.78, 5) is 19.4. The fourth-order valence-electron chi connectivity index (χ4n) is 4.04. The molecule has 8 heteroatoms. The standard InChI is InChI=1S/C25H28FN3O4/c1-28-16-24(27-17-28)25(31)29(20-7-10-32-11-8-20)15-18-5-6-23(26)22(13-18)19-3-2-4-21(14-19)33-12-9-30/h2-6,13-14,16-17,20,30H,7-12,15H2,1H3. The number of benzene rings is 2. The molecule has 0 radical (unpaired) electrons. The minimum Gasteiger partial charge on any atom is -0.491 e. The van der Waals surface area contributed by atoms with Crippen molar-refractivity contribution in [2.75, 3.05) is 26.4 Å². The molecule has 1 aromatic heterocycles. The van der Waals surface area contributed by atoms with Crippen molar-refractivity contribution in [3.8, 4) is 16.9 Å². The lowest BCUT2D eigenvalue weighted by atomic mass is 10.0. The number of halogens is 1. The van der Waals surface area contributed by atoms with Gasteiger partial charge < -0.3 is 24.0 Å². The molecule has 4 rings (SSSR count). The van der Waals surface area contributed by atoms with Crippen LogP contribution in [0.5, 0.6) is 5.75 Å². The third-order valence-corrected chi connectivity index (χ3v) is 5.71. The summed E-state index contributed by atoms with van der Waals surface area (Å²) in [5.74, 6) is 0.0556. The quantitative estimate of drug-likeness (QED) is 0.566. The van der Waals surface area contributed by atoms with Gasteiger partial charge >= 0.3 is 0 Å². The summed E-state index contributed by atoms with van der Waals surface area (Å²) in [6.07, 6.45) is 4.81. The zero-order valence-electron chi connectivity index (χ0n) is 18.6. The molecule has 1 fully saturated rings. The molecule has 7 nitrogen and oxygen atoms in total. The van der Waals surface area contributed by atoms with Gasteiger partial charge in [-0.05, 0) is 48.2 Å². The summed E-state index contributed by atoms with van der Waals surface area (Å²) in [7, 11) is 1.83. The number of imidazole rings is 1. The molecule has 0 saturated carbocycles. The lowest BCUT2D eigenvalue weighted by Crippen LogP contribution is -2.43. The number of carbonyl (C=O) groups is 1. The number of aromatic nitrogens is 2. The van der Waals surface area contributed by atoms with Gasteiger partial charge in [0.25, 0.3) is 5.91 Å². The van der Waals surface area contributed by atoms with Gasteiger partial charge in [0.1, 0.15) is 23.9 Å². The summed E-state index contributed by atoms with van der Waals surface area (Å²) < 4.78 is 27.5. The molecule has 0 bridgehead atoms. The number of carbonyl (C=O) groups excluding carboxylic acids is 1. The average Bonchev–Trinajstić information content (AvgIpc) is 3.28. The molecular weight excluding hydrogens is 425 g/mol. The van der Waals surface area contributed by atoms with E-state index in [0.717, 1.165) is 18.4 Å². The number of amides is 1. The molecular formula is C25H28FN3O4. The first-order chi connectivity index (χ1) is 16.0. The number of hydrogen-bond donors (Lipinski definition) is 1. The Labute approximate surface area is 192 Å². The van der Waals surface area contributed by atoms with E-state index in [4.69, 9.17) is 14.6 Å². The number of aliphatic hydroxyl groups is 1. The molecule has 2 heterocycles. The number of ether oxygens (including phenoxy) is 2. The first kappa shape index (κ1) is 22.9. The van der Waals surface area contributed by atoms with E-state index < -0.39 is 0 Å². The van der Waals surface area contributed by atoms with E-state index in [-0.39, 0.29) is 31.0 Å². The minimum atomic E-state index is -0.355. The SMILES string of the molecule is Cn1cnc(C(=O)N(Cc2ccc(F)c(-c3cccc(OCCO)c3)c2)C2CCOCC2)c1. The maximum Gasteiger partial charge on any atom is 0.274 e. The predicted molar refractivity (Wildman–Crippen MR) is 121 cm³/mol. The van der Waals surface area contributed by atoms with Crippen LogP contribution < -0.4 is 4.74 Å². The van der Waals surface area contributed by atoms with E-state index in [1.54, 1.807) is 47.4 Å². The second-order valence-electron chi connectivity index (χ2n) is 8.12. The van der Waals surface area contributed by atoms with Gasteiger partial charge in [0.15, 0.2) is 0 Å². The van der Waals surface area contributed by atoms with Crippen molar-refractivity contribution >= 4 is 5.91 Å². The van der Waals surface area contributed by atoms with Gasteiger partial charge in [0.2, 0.25) is 0 Å². The highest BCUT2D eigenvalue weighted by atomic mass is 19.1. The van der Waals surface area contributed by atoms with Crippen LogP contribution in [0.25, 0.3) is 11.1 Å². The Morgan fingerprint density at radius 2 is 2.09 bits per heavy atom. The Bertz CT molecular complexity index is 1090. The van der Waals surface area contributed by atoms with Crippen LogP contribution in [-0.2, 0) is 18.3 Å². The minimum absolute atomic E-state index is 0.0250. The summed E-state index contributed by atoms with van der Waals surface area (Å²) in [5, 5.41) is 8.98. The first-order valence-corrected chi connectivity index (χ1v) is 11.0. The Morgan fingerprint density at radius 1 is 1.27 bits per heavy atom. The average molecular weight is 454 g/mol. The maximum atomic E-state index is 14.8. The fourth-order valence-corrected chi connectivity index (χ4v) is 4.04. The molecule has 1 amide bonds. The van der Waals surface area contributed by atoms with Crippen molar-refractivity contribution in [3.05, 3.63) is 72.1 Å². The van der Waals surface area contributed by atoms with Crippen molar-refractivity contribution in [1.82, 2.24) is 14.5 Å². The molecule has 0 spiro atoms. The summed E-state index contributed by atoms with van der Waals surface area (Å²) in [5.41, 5.74) is 2.31. The lowest BCUT2D eigenvalue weighted by Gasteiger charge is -2.34. The fraction of sp³-hybridized carbons (Fsp3) is 0.360. The molecule has 174 valence electrons. The topological polar surface area (TPSA) is 76.8 Å². The van der Waals surface area contributed by atoms with Gasteiger partial charge in [0.05, 0.1) is 12.9 Å². The van der Waals surface area contributed by atoms with E-state index in [2.05, 4.69) is 4.98 Å². The highest BCUT2D eigenvalue weighted by Gasteiger charge is 2.28. The van der Waals surface area contributed by atoms with Crippen LogP contribution >= 0.6 is 0 Å². The first-order valence-electron chi connectivity index (χ1n) is 11.0. The van der Waals surface area contributed by atoms with E-state index >= 15 is 0 Å². The van der Waals surface area contributed by atoms with Crippen molar-refractivity contribution < 1.29 is 23.8 Å². The predicted octanol–water partition coefficient (Wildman–Crippen LogP) is 3.42. The van der Waals surface area contributed by atoms with E-state index in [0.29, 0.717) is 42.3 Å². The third-order valence-electron chi connectivity index (χ3n) is 5.71. The largest absolute Gasteiger partial charge is 0.491 e. The number of hydrogen-bond acceptors (Lipinski definition) is 5. The molecule has 3 aromatic rings. The van der Waals surface area contributed by atoms with Crippen LogP contribution in [0, 0.1) is 5.82 Å². The normalized spacial score (nSPS) is 14.3. The van der Waals surface area contributed by atoms with Crippen LogP contribution in [0.1, 0.15) is 28.9 Å².